The number of hydrogen-bond donors (Lipinski definition) is 1. The summed E-state index contributed by atoms with van der Waals surface area (Å²) in [5.74, 6) is -0.235. The summed E-state index contributed by atoms with van der Waals surface area (Å²) in [6.07, 6.45) is 5.05. The number of benzene rings is 1. The van der Waals surface area contributed by atoms with Gasteiger partial charge < -0.3 is 9.84 Å². The summed E-state index contributed by atoms with van der Waals surface area (Å²) in [5, 5.41) is 10.9. The summed E-state index contributed by atoms with van der Waals surface area (Å²) in [5.41, 5.74) is 4.02. The van der Waals surface area contributed by atoms with E-state index in [-0.39, 0.29) is 11.7 Å². The summed E-state index contributed by atoms with van der Waals surface area (Å²) in [4.78, 5) is 17.1. The van der Waals surface area contributed by atoms with Gasteiger partial charge in [0.2, 0.25) is 5.76 Å². The molecule has 3 aromatic heterocycles. The maximum Gasteiger partial charge on any atom is 0.294 e. The highest BCUT2D eigenvalue weighted by Gasteiger charge is 2.15. The van der Waals surface area contributed by atoms with E-state index < -0.39 is 0 Å². The molecule has 0 fully saturated rings. The average Bonchev–Trinajstić information content (AvgIpc) is 3.37. The monoisotopic (exact) mass is 351 g/mol. The first-order valence-corrected chi connectivity index (χ1v) is 8.39. The Hall–Kier alpha value is -3.26. The van der Waals surface area contributed by atoms with Crippen LogP contribution in [0.2, 0.25) is 0 Å². The molecule has 25 heavy (non-hydrogen) atoms. The Kier molecular flexibility index (Phi) is 4.09. The molecule has 1 N–H and O–H groups in total. The van der Waals surface area contributed by atoms with Gasteiger partial charge >= 0.3 is 0 Å². The molecule has 0 radical (unpaired) electrons. The molecule has 124 valence electrons. The summed E-state index contributed by atoms with van der Waals surface area (Å²) in [6.45, 7) is 0.633. The van der Waals surface area contributed by atoms with Gasteiger partial charge in [-0.15, -0.1) is 11.3 Å². The number of hydrogen-bond acceptors (Lipinski definition) is 6. The highest BCUT2D eigenvalue weighted by atomic mass is 32.1. The lowest BCUT2D eigenvalue weighted by Gasteiger charge is -2.01. The molecule has 0 spiro atoms. The molecule has 0 bridgehead atoms. The van der Waals surface area contributed by atoms with E-state index in [1.165, 1.54) is 11.3 Å². The molecule has 0 saturated heterocycles. The summed E-state index contributed by atoms with van der Waals surface area (Å²) in [6, 6.07) is 11.6. The van der Waals surface area contributed by atoms with Crippen LogP contribution in [-0.2, 0) is 6.54 Å². The minimum Gasteiger partial charge on any atom is -0.350 e. The van der Waals surface area contributed by atoms with Crippen LogP contribution in [-0.4, -0.2) is 25.8 Å². The Morgan fingerprint density at radius 3 is 2.92 bits per heavy atom. The third-order valence-corrected chi connectivity index (χ3v) is 4.29. The van der Waals surface area contributed by atoms with Crippen LogP contribution in [0.4, 0.5) is 5.69 Å². The standard InChI is InChI=1S/C17H13N5O2S/c23-17(15-6-14(21-24-15)16-8-18-11-25-16)20-13-7-19-22(10-13)9-12-4-2-1-3-5-12/h1-8,10-11H,9H2,(H,20,23). The molecule has 1 amide bonds. The molecular weight excluding hydrogens is 338 g/mol. The Morgan fingerprint density at radius 1 is 1.24 bits per heavy atom. The van der Waals surface area contributed by atoms with E-state index in [9.17, 15) is 4.79 Å². The summed E-state index contributed by atoms with van der Waals surface area (Å²) < 4.78 is 6.87. The van der Waals surface area contributed by atoms with Crippen LogP contribution in [0.25, 0.3) is 10.6 Å². The third kappa shape index (κ3) is 3.48. The predicted octanol–water partition coefficient (Wildman–Crippen LogP) is 3.30. The van der Waals surface area contributed by atoms with Gasteiger partial charge in [0, 0.05) is 18.5 Å². The molecule has 8 heteroatoms. The Balaban J connectivity index is 1.43. The van der Waals surface area contributed by atoms with E-state index in [2.05, 4.69) is 20.6 Å². The fraction of sp³-hybridized carbons (Fsp3) is 0.0588. The maximum atomic E-state index is 12.3. The Labute approximate surface area is 146 Å². The lowest BCUT2D eigenvalue weighted by atomic mass is 10.2. The molecule has 0 aliphatic rings. The van der Waals surface area contributed by atoms with Gasteiger partial charge in [-0.3, -0.25) is 14.5 Å². The summed E-state index contributed by atoms with van der Waals surface area (Å²) in [7, 11) is 0. The van der Waals surface area contributed by atoms with Crippen LogP contribution in [0, 0.1) is 0 Å². The first-order valence-electron chi connectivity index (χ1n) is 7.51. The highest BCUT2D eigenvalue weighted by molar-refractivity contribution is 7.13. The number of anilines is 1. The number of thiazole rings is 1. The normalized spacial score (nSPS) is 10.7. The van der Waals surface area contributed by atoms with E-state index in [0.29, 0.717) is 17.9 Å². The van der Waals surface area contributed by atoms with E-state index >= 15 is 0 Å². The van der Waals surface area contributed by atoms with E-state index in [1.54, 1.807) is 34.8 Å². The van der Waals surface area contributed by atoms with E-state index in [0.717, 1.165) is 10.4 Å². The molecule has 0 unspecified atom stereocenters. The largest absolute Gasteiger partial charge is 0.350 e. The Morgan fingerprint density at radius 2 is 2.12 bits per heavy atom. The first-order chi connectivity index (χ1) is 12.3. The molecule has 7 nitrogen and oxygen atoms in total. The zero-order chi connectivity index (χ0) is 17.1. The van der Waals surface area contributed by atoms with Crippen molar-refractivity contribution in [1.29, 1.82) is 0 Å². The minimum atomic E-state index is -0.373. The van der Waals surface area contributed by atoms with Crippen LogP contribution in [0.15, 0.2) is 65.0 Å². The number of aromatic nitrogens is 4. The number of carbonyl (C=O) groups is 1. The fourth-order valence-electron chi connectivity index (χ4n) is 2.32. The number of amides is 1. The van der Waals surface area contributed by atoms with Gasteiger partial charge in [0.1, 0.15) is 5.69 Å². The topological polar surface area (TPSA) is 85.8 Å². The van der Waals surface area contributed by atoms with Gasteiger partial charge in [-0.05, 0) is 5.56 Å². The summed E-state index contributed by atoms with van der Waals surface area (Å²) >= 11 is 1.43. The molecule has 1 aromatic carbocycles. The van der Waals surface area contributed by atoms with Gasteiger partial charge in [-0.2, -0.15) is 5.10 Å². The number of nitrogens with one attached hydrogen (secondary N) is 1. The van der Waals surface area contributed by atoms with Crippen molar-refractivity contribution >= 4 is 22.9 Å². The van der Waals surface area contributed by atoms with Crippen molar-refractivity contribution in [3.8, 4) is 10.6 Å². The van der Waals surface area contributed by atoms with E-state index in [1.807, 2.05) is 30.3 Å². The van der Waals surface area contributed by atoms with Crippen molar-refractivity contribution in [3.05, 3.63) is 71.8 Å². The zero-order valence-corrected chi connectivity index (χ0v) is 13.8. The van der Waals surface area contributed by atoms with Crippen LogP contribution in [0.1, 0.15) is 16.1 Å². The average molecular weight is 351 g/mol. The fourth-order valence-corrected chi connectivity index (χ4v) is 2.89. The van der Waals surface area contributed by atoms with Crippen LogP contribution >= 0.6 is 11.3 Å². The molecule has 0 aliphatic heterocycles. The number of carbonyl (C=O) groups excluding carboxylic acids is 1. The first kappa shape index (κ1) is 15.3. The SMILES string of the molecule is O=C(Nc1cnn(Cc2ccccc2)c1)c1cc(-c2cncs2)no1. The highest BCUT2D eigenvalue weighted by Crippen LogP contribution is 2.23. The molecule has 0 atom stereocenters. The van der Waals surface area contributed by atoms with Crippen molar-refractivity contribution in [1.82, 2.24) is 19.9 Å². The second-order valence-corrected chi connectivity index (χ2v) is 6.19. The van der Waals surface area contributed by atoms with Gasteiger partial charge in [0.05, 0.1) is 28.8 Å². The molecule has 4 rings (SSSR count). The van der Waals surface area contributed by atoms with E-state index in [4.69, 9.17) is 4.52 Å². The van der Waals surface area contributed by atoms with Crippen molar-refractivity contribution in [3.63, 3.8) is 0 Å². The number of rotatable bonds is 5. The maximum absolute atomic E-state index is 12.3. The van der Waals surface area contributed by atoms with Gasteiger partial charge in [0.25, 0.3) is 5.91 Å². The molecule has 4 aromatic rings. The molecule has 0 aliphatic carbocycles. The van der Waals surface area contributed by atoms with Crippen molar-refractivity contribution in [2.45, 2.75) is 6.54 Å². The second-order valence-electron chi connectivity index (χ2n) is 5.31. The molecule has 0 saturated carbocycles. The number of nitrogens with zero attached hydrogens (tertiary/aromatic N) is 4. The van der Waals surface area contributed by atoms with Gasteiger partial charge in [-0.1, -0.05) is 35.5 Å². The predicted molar refractivity (Wildman–Crippen MR) is 93.3 cm³/mol. The second kappa shape index (κ2) is 6.70. The van der Waals surface area contributed by atoms with Crippen LogP contribution in [0.5, 0.6) is 0 Å². The quantitative estimate of drug-likeness (QED) is 0.596. The Bertz CT molecular complexity index is 976. The van der Waals surface area contributed by atoms with Crippen molar-refractivity contribution in [2.24, 2.45) is 0 Å². The smallest absolute Gasteiger partial charge is 0.294 e. The minimum absolute atomic E-state index is 0.138. The zero-order valence-electron chi connectivity index (χ0n) is 13.0. The van der Waals surface area contributed by atoms with Crippen LogP contribution in [0.3, 0.4) is 0 Å². The van der Waals surface area contributed by atoms with Gasteiger partial charge in [0.15, 0.2) is 0 Å². The molecule has 3 heterocycles. The third-order valence-electron chi connectivity index (χ3n) is 3.50. The molecular formula is C17H13N5O2S. The van der Waals surface area contributed by atoms with Gasteiger partial charge in [-0.25, -0.2) is 0 Å². The lowest BCUT2D eigenvalue weighted by Crippen LogP contribution is -2.10. The lowest BCUT2D eigenvalue weighted by molar-refractivity contribution is 0.0988. The van der Waals surface area contributed by atoms with Crippen molar-refractivity contribution in [2.75, 3.05) is 5.32 Å². The van der Waals surface area contributed by atoms with Crippen molar-refractivity contribution < 1.29 is 9.32 Å². The van der Waals surface area contributed by atoms with Crippen LogP contribution < -0.4 is 5.32 Å².